The maximum Gasteiger partial charge on any atom is 0.252 e. The Balaban J connectivity index is 2.26. The monoisotopic (exact) mass is 315 g/mol. The molecule has 0 spiro atoms. The van der Waals surface area contributed by atoms with Gasteiger partial charge in [-0.15, -0.1) is 0 Å². The summed E-state index contributed by atoms with van der Waals surface area (Å²) in [5, 5.41) is 2.78. The van der Waals surface area contributed by atoms with Crippen LogP contribution < -0.4 is 11.1 Å². The van der Waals surface area contributed by atoms with E-state index < -0.39 is 23.4 Å². The Hall–Kier alpha value is -2.28. The third-order valence-electron chi connectivity index (χ3n) is 2.69. The molecule has 3 N–H and O–H groups in total. The van der Waals surface area contributed by atoms with E-state index in [1.54, 1.807) is 0 Å². The molecule has 0 unspecified atom stereocenters. The van der Waals surface area contributed by atoms with E-state index in [-0.39, 0.29) is 28.5 Å². The molecule has 1 aromatic carbocycles. The lowest BCUT2D eigenvalue weighted by Crippen LogP contribution is -2.15. The summed E-state index contributed by atoms with van der Waals surface area (Å²) in [6, 6.07) is 2.49. The molecule has 0 bridgehead atoms. The third-order valence-corrected chi connectivity index (χ3v) is 2.90. The predicted molar refractivity (Wildman–Crippen MR) is 71.4 cm³/mol. The lowest BCUT2D eigenvalue weighted by molar-refractivity contribution is 0.100. The van der Waals surface area contributed by atoms with Gasteiger partial charge in [0.2, 0.25) is 0 Å². The molecule has 110 valence electrons. The highest BCUT2D eigenvalue weighted by molar-refractivity contribution is 6.29. The van der Waals surface area contributed by atoms with Crippen molar-refractivity contribution in [3.05, 3.63) is 58.1 Å². The van der Waals surface area contributed by atoms with E-state index in [4.69, 9.17) is 17.3 Å². The van der Waals surface area contributed by atoms with Crippen LogP contribution in [0, 0.1) is 17.5 Å². The van der Waals surface area contributed by atoms with E-state index in [0.29, 0.717) is 6.07 Å². The fraction of sp³-hybridized carbons (Fsp3) is 0.0769. The SMILES string of the molecule is NC(=O)c1cnc(Cl)cc1NCc1cc(F)c(F)cc1F. The second kappa shape index (κ2) is 6.01. The highest BCUT2D eigenvalue weighted by Crippen LogP contribution is 2.20. The molecule has 0 aliphatic heterocycles. The normalized spacial score (nSPS) is 10.5. The third kappa shape index (κ3) is 3.43. The summed E-state index contributed by atoms with van der Waals surface area (Å²) in [7, 11) is 0. The summed E-state index contributed by atoms with van der Waals surface area (Å²) in [6.07, 6.45) is 1.16. The standard InChI is InChI=1S/C13H9ClF3N3O/c14-12-3-11(7(5-20-12)13(18)21)19-4-6-1-9(16)10(17)2-8(6)15/h1-3,5H,4H2,(H2,18,21)(H,19,20). The Kier molecular flexibility index (Phi) is 4.32. The second-order valence-electron chi connectivity index (χ2n) is 4.13. The Morgan fingerprint density at radius 1 is 1.19 bits per heavy atom. The van der Waals surface area contributed by atoms with Gasteiger partial charge in [0, 0.05) is 24.4 Å². The molecule has 0 aliphatic carbocycles. The van der Waals surface area contributed by atoms with Crippen molar-refractivity contribution in [1.82, 2.24) is 4.98 Å². The second-order valence-corrected chi connectivity index (χ2v) is 4.52. The van der Waals surface area contributed by atoms with Crippen LogP contribution in [0.3, 0.4) is 0 Å². The predicted octanol–water partition coefficient (Wildman–Crippen LogP) is 2.86. The summed E-state index contributed by atoms with van der Waals surface area (Å²) in [5.74, 6) is -4.12. The molecule has 1 amide bonds. The number of hydrogen-bond acceptors (Lipinski definition) is 3. The van der Waals surface area contributed by atoms with E-state index in [0.717, 1.165) is 12.3 Å². The van der Waals surface area contributed by atoms with Gasteiger partial charge >= 0.3 is 0 Å². The average Bonchev–Trinajstić information content (AvgIpc) is 2.41. The average molecular weight is 316 g/mol. The van der Waals surface area contributed by atoms with Gasteiger partial charge in [0.25, 0.3) is 5.91 Å². The minimum Gasteiger partial charge on any atom is -0.380 e. The van der Waals surface area contributed by atoms with E-state index in [2.05, 4.69) is 10.3 Å². The number of nitrogens with zero attached hydrogens (tertiary/aromatic N) is 1. The summed E-state index contributed by atoms with van der Waals surface area (Å²) in [5.41, 5.74) is 5.31. The Labute approximate surface area is 122 Å². The van der Waals surface area contributed by atoms with Gasteiger partial charge in [0.05, 0.1) is 11.3 Å². The van der Waals surface area contributed by atoms with Crippen LogP contribution in [0.2, 0.25) is 5.15 Å². The largest absolute Gasteiger partial charge is 0.380 e. The molecule has 4 nitrogen and oxygen atoms in total. The molecule has 21 heavy (non-hydrogen) atoms. The van der Waals surface area contributed by atoms with Crippen molar-refractivity contribution in [3.63, 3.8) is 0 Å². The van der Waals surface area contributed by atoms with Gasteiger partial charge in [-0.3, -0.25) is 4.79 Å². The first kappa shape index (κ1) is 15.1. The first-order chi connectivity index (χ1) is 9.88. The molecule has 1 heterocycles. The quantitative estimate of drug-likeness (QED) is 0.673. The molecule has 8 heteroatoms. The Morgan fingerprint density at radius 2 is 1.86 bits per heavy atom. The van der Waals surface area contributed by atoms with Crippen molar-refractivity contribution >= 4 is 23.2 Å². The molecular weight excluding hydrogens is 307 g/mol. The number of benzene rings is 1. The van der Waals surface area contributed by atoms with E-state index in [1.807, 2.05) is 0 Å². The molecule has 0 saturated heterocycles. The van der Waals surface area contributed by atoms with Gasteiger partial charge in [-0.05, 0) is 12.1 Å². The van der Waals surface area contributed by atoms with E-state index >= 15 is 0 Å². The van der Waals surface area contributed by atoms with E-state index in [9.17, 15) is 18.0 Å². The minimum absolute atomic E-state index is 0.0439. The summed E-state index contributed by atoms with van der Waals surface area (Å²) < 4.78 is 39.4. The number of nitrogens with two attached hydrogens (primary N) is 1. The molecular formula is C13H9ClF3N3O. The number of nitrogens with one attached hydrogen (secondary N) is 1. The maximum atomic E-state index is 13.5. The molecule has 0 atom stereocenters. The molecule has 2 aromatic rings. The Bertz CT molecular complexity index is 709. The highest BCUT2D eigenvalue weighted by atomic mass is 35.5. The zero-order valence-corrected chi connectivity index (χ0v) is 11.2. The fourth-order valence-electron chi connectivity index (χ4n) is 1.66. The van der Waals surface area contributed by atoms with Gasteiger partial charge in [0.15, 0.2) is 11.6 Å². The van der Waals surface area contributed by atoms with Crippen LogP contribution in [-0.2, 0) is 6.54 Å². The molecule has 0 radical (unpaired) electrons. The number of pyridine rings is 1. The molecule has 0 fully saturated rings. The van der Waals surface area contributed by atoms with Crippen LogP contribution in [0.5, 0.6) is 0 Å². The Morgan fingerprint density at radius 3 is 2.52 bits per heavy atom. The van der Waals surface area contributed by atoms with Gasteiger partial charge in [-0.25, -0.2) is 18.2 Å². The van der Waals surface area contributed by atoms with Crippen molar-refractivity contribution in [2.75, 3.05) is 5.32 Å². The van der Waals surface area contributed by atoms with Gasteiger partial charge in [-0.2, -0.15) is 0 Å². The lowest BCUT2D eigenvalue weighted by atomic mass is 10.1. The van der Waals surface area contributed by atoms with Crippen molar-refractivity contribution in [1.29, 1.82) is 0 Å². The summed E-state index contributed by atoms with van der Waals surface area (Å²) >= 11 is 5.69. The zero-order chi connectivity index (χ0) is 15.6. The van der Waals surface area contributed by atoms with Crippen LogP contribution in [-0.4, -0.2) is 10.9 Å². The smallest absolute Gasteiger partial charge is 0.252 e. The minimum atomic E-state index is -1.28. The number of carbonyl (C=O) groups excluding carboxylic acids is 1. The van der Waals surface area contributed by atoms with Crippen LogP contribution in [0.15, 0.2) is 24.4 Å². The first-order valence-electron chi connectivity index (χ1n) is 5.71. The molecule has 2 rings (SSSR count). The lowest BCUT2D eigenvalue weighted by Gasteiger charge is -2.11. The van der Waals surface area contributed by atoms with Crippen molar-refractivity contribution in [2.45, 2.75) is 6.54 Å². The maximum absolute atomic E-state index is 13.5. The van der Waals surface area contributed by atoms with E-state index in [1.165, 1.54) is 6.07 Å². The van der Waals surface area contributed by atoms with Crippen LogP contribution in [0.4, 0.5) is 18.9 Å². The fourth-order valence-corrected chi connectivity index (χ4v) is 1.82. The number of rotatable bonds is 4. The molecule has 0 aliphatic rings. The number of hydrogen-bond donors (Lipinski definition) is 2. The van der Waals surface area contributed by atoms with Crippen LogP contribution >= 0.6 is 11.6 Å². The molecule has 1 aromatic heterocycles. The molecule has 0 saturated carbocycles. The van der Waals surface area contributed by atoms with Crippen molar-refractivity contribution < 1.29 is 18.0 Å². The number of amides is 1. The number of halogens is 4. The number of carbonyl (C=O) groups is 1. The van der Waals surface area contributed by atoms with Gasteiger partial charge in [-0.1, -0.05) is 11.6 Å². The van der Waals surface area contributed by atoms with Gasteiger partial charge < -0.3 is 11.1 Å². The number of anilines is 1. The zero-order valence-electron chi connectivity index (χ0n) is 10.5. The topological polar surface area (TPSA) is 68.0 Å². The van der Waals surface area contributed by atoms with Crippen LogP contribution in [0.25, 0.3) is 0 Å². The number of primary amides is 1. The van der Waals surface area contributed by atoms with Crippen LogP contribution in [0.1, 0.15) is 15.9 Å². The summed E-state index contributed by atoms with van der Waals surface area (Å²) in [4.78, 5) is 14.9. The summed E-state index contributed by atoms with van der Waals surface area (Å²) in [6.45, 7) is -0.191. The highest BCUT2D eigenvalue weighted by Gasteiger charge is 2.13. The van der Waals surface area contributed by atoms with Crippen molar-refractivity contribution in [2.24, 2.45) is 5.73 Å². The number of aromatic nitrogens is 1. The first-order valence-corrected chi connectivity index (χ1v) is 6.09. The van der Waals surface area contributed by atoms with Gasteiger partial charge in [0.1, 0.15) is 11.0 Å². The van der Waals surface area contributed by atoms with Crippen molar-refractivity contribution in [3.8, 4) is 0 Å².